The molecule has 94 valence electrons. The van der Waals surface area contributed by atoms with Gasteiger partial charge >= 0.3 is 0 Å². The molecule has 0 heterocycles. The standard InChI is InChI=1S/C13H18ClNO2/c1-13(2,17)9-15(3)8-12(16)10-5-4-6-11(14)7-10/h4-7,17H,8-9H2,1-3H3. The molecule has 0 amide bonds. The fraction of sp³-hybridized carbons (Fsp3) is 0.462. The van der Waals surface area contributed by atoms with E-state index in [2.05, 4.69) is 0 Å². The van der Waals surface area contributed by atoms with Crippen molar-refractivity contribution in [3.05, 3.63) is 34.9 Å². The van der Waals surface area contributed by atoms with E-state index in [4.69, 9.17) is 11.6 Å². The normalized spacial score (nSPS) is 11.9. The third-order valence-electron chi connectivity index (χ3n) is 2.22. The van der Waals surface area contributed by atoms with Gasteiger partial charge in [-0.15, -0.1) is 0 Å². The summed E-state index contributed by atoms with van der Waals surface area (Å²) in [6, 6.07) is 6.89. The average molecular weight is 256 g/mol. The van der Waals surface area contributed by atoms with Gasteiger partial charge < -0.3 is 5.11 Å². The molecule has 0 aliphatic heterocycles. The second-order valence-electron chi connectivity index (χ2n) is 4.92. The summed E-state index contributed by atoms with van der Waals surface area (Å²) in [5.74, 6) is -0.000694. The van der Waals surface area contributed by atoms with Crippen molar-refractivity contribution in [1.29, 1.82) is 0 Å². The van der Waals surface area contributed by atoms with Crippen LogP contribution in [-0.2, 0) is 0 Å². The first kappa shape index (κ1) is 14.2. The van der Waals surface area contributed by atoms with Gasteiger partial charge in [-0.1, -0.05) is 23.7 Å². The van der Waals surface area contributed by atoms with Crippen molar-refractivity contribution in [3.8, 4) is 0 Å². The minimum atomic E-state index is -0.802. The Hall–Kier alpha value is -0.900. The summed E-state index contributed by atoms with van der Waals surface area (Å²) in [7, 11) is 1.81. The lowest BCUT2D eigenvalue weighted by atomic mass is 10.1. The fourth-order valence-corrected chi connectivity index (χ4v) is 1.91. The number of likely N-dealkylation sites (N-methyl/N-ethyl adjacent to an activating group) is 1. The molecule has 1 aromatic rings. The first-order valence-electron chi connectivity index (χ1n) is 5.47. The summed E-state index contributed by atoms with van der Waals surface area (Å²) in [6.07, 6.45) is 0. The van der Waals surface area contributed by atoms with Crippen LogP contribution in [0.4, 0.5) is 0 Å². The largest absolute Gasteiger partial charge is 0.389 e. The molecule has 0 aliphatic carbocycles. The highest BCUT2D eigenvalue weighted by atomic mass is 35.5. The van der Waals surface area contributed by atoms with Crippen LogP contribution in [0.1, 0.15) is 24.2 Å². The van der Waals surface area contributed by atoms with Gasteiger partial charge in [0.2, 0.25) is 0 Å². The van der Waals surface area contributed by atoms with Gasteiger partial charge in [-0.25, -0.2) is 0 Å². The monoisotopic (exact) mass is 255 g/mol. The molecule has 1 N–H and O–H groups in total. The number of carbonyl (C=O) groups is 1. The molecule has 0 aromatic heterocycles. The van der Waals surface area contributed by atoms with Gasteiger partial charge in [0.1, 0.15) is 0 Å². The maximum atomic E-state index is 11.9. The van der Waals surface area contributed by atoms with Gasteiger partial charge in [-0.3, -0.25) is 9.69 Å². The number of carbonyl (C=O) groups excluding carboxylic acids is 1. The highest BCUT2D eigenvalue weighted by Crippen LogP contribution is 2.12. The lowest BCUT2D eigenvalue weighted by Gasteiger charge is -2.24. The minimum Gasteiger partial charge on any atom is -0.389 e. The molecule has 17 heavy (non-hydrogen) atoms. The Kier molecular flexibility index (Phi) is 4.69. The van der Waals surface area contributed by atoms with E-state index >= 15 is 0 Å². The minimum absolute atomic E-state index is 0.000694. The molecule has 0 unspecified atom stereocenters. The van der Waals surface area contributed by atoms with Crippen LogP contribution >= 0.6 is 11.6 Å². The van der Waals surface area contributed by atoms with Crippen LogP contribution < -0.4 is 0 Å². The highest BCUT2D eigenvalue weighted by molar-refractivity contribution is 6.31. The number of nitrogens with zero attached hydrogens (tertiary/aromatic N) is 1. The molecule has 0 atom stereocenters. The van der Waals surface area contributed by atoms with Crippen LogP contribution in [0.3, 0.4) is 0 Å². The van der Waals surface area contributed by atoms with E-state index in [0.717, 1.165) is 0 Å². The molecular weight excluding hydrogens is 238 g/mol. The zero-order valence-electron chi connectivity index (χ0n) is 10.4. The molecule has 0 saturated heterocycles. The van der Waals surface area contributed by atoms with Gasteiger partial charge in [0.05, 0.1) is 12.1 Å². The predicted molar refractivity (Wildman–Crippen MR) is 69.6 cm³/mol. The third kappa shape index (κ3) is 5.31. The Balaban J connectivity index is 2.61. The second kappa shape index (κ2) is 5.63. The molecule has 0 bridgehead atoms. The van der Waals surface area contributed by atoms with Crippen LogP contribution in [-0.4, -0.2) is 41.5 Å². The molecule has 1 aromatic carbocycles. The summed E-state index contributed by atoms with van der Waals surface area (Å²) >= 11 is 5.83. The van der Waals surface area contributed by atoms with Gasteiger partial charge in [0.25, 0.3) is 0 Å². The van der Waals surface area contributed by atoms with Gasteiger partial charge in [-0.2, -0.15) is 0 Å². The van der Waals surface area contributed by atoms with Crippen molar-refractivity contribution in [3.63, 3.8) is 0 Å². The molecule has 0 saturated carbocycles. The third-order valence-corrected chi connectivity index (χ3v) is 2.45. The summed E-state index contributed by atoms with van der Waals surface area (Å²) < 4.78 is 0. The number of halogens is 1. The molecule has 4 heteroatoms. The molecule has 0 spiro atoms. The van der Waals surface area contributed by atoms with Crippen LogP contribution in [0.2, 0.25) is 5.02 Å². The predicted octanol–water partition coefficient (Wildman–Crippen LogP) is 2.23. The topological polar surface area (TPSA) is 40.5 Å². The Morgan fingerprint density at radius 1 is 1.47 bits per heavy atom. The maximum absolute atomic E-state index is 11.9. The van der Waals surface area contributed by atoms with Crippen molar-refractivity contribution < 1.29 is 9.90 Å². The Bertz CT molecular complexity index is 399. The average Bonchev–Trinajstić information content (AvgIpc) is 2.14. The number of ketones is 1. The SMILES string of the molecule is CN(CC(=O)c1cccc(Cl)c1)CC(C)(C)O. The number of rotatable bonds is 5. The molecule has 0 aliphatic rings. The second-order valence-corrected chi connectivity index (χ2v) is 5.35. The van der Waals surface area contributed by atoms with Crippen molar-refractivity contribution in [2.24, 2.45) is 0 Å². The summed E-state index contributed by atoms with van der Waals surface area (Å²) in [5, 5.41) is 10.2. The fourth-order valence-electron chi connectivity index (χ4n) is 1.71. The Morgan fingerprint density at radius 2 is 2.12 bits per heavy atom. The maximum Gasteiger partial charge on any atom is 0.176 e. The van der Waals surface area contributed by atoms with E-state index in [1.165, 1.54) is 0 Å². The van der Waals surface area contributed by atoms with E-state index in [1.807, 2.05) is 0 Å². The summed E-state index contributed by atoms with van der Waals surface area (Å²) in [6.45, 7) is 4.14. The van der Waals surface area contributed by atoms with E-state index in [-0.39, 0.29) is 12.3 Å². The van der Waals surface area contributed by atoms with Gasteiger partial charge in [0.15, 0.2) is 5.78 Å². The lowest BCUT2D eigenvalue weighted by molar-refractivity contribution is 0.0439. The van der Waals surface area contributed by atoms with Crippen molar-refractivity contribution in [2.45, 2.75) is 19.4 Å². The Morgan fingerprint density at radius 3 is 2.65 bits per heavy atom. The van der Waals surface area contributed by atoms with E-state index in [0.29, 0.717) is 17.1 Å². The number of hydrogen-bond donors (Lipinski definition) is 1. The molecule has 0 radical (unpaired) electrons. The number of hydrogen-bond acceptors (Lipinski definition) is 3. The molecule has 3 nitrogen and oxygen atoms in total. The zero-order valence-corrected chi connectivity index (χ0v) is 11.2. The smallest absolute Gasteiger partial charge is 0.176 e. The van der Waals surface area contributed by atoms with Crippen LogP contribution in [0.5, 0.6) is 0 Å². The highest BCUT2D eigenvalue weighted by Gasteiger charge is 2.17. The van der Waals surface area contributed by atoms with Crippen LogP contribution in [0.25, 0.3) is 0 Å². The lowest BCUT2D eigenvalue weighted by Crippen LogP contribution is -2.38. The summed E-state index contributed by atoms with van der Waals surface area (Å²) in [4.78, 5) is 13.7. The van der Waals surface area contributed by atoms with E-state index < -0.39 is 5.60 Å². The number of Topliss-reactive ketones (excluding diaryl/α,β-unsaturated/α-hetero) is 1. The molecular formula is C13H18ClNO2. The zero-order chi connectivity index (χ0) is 13.1. The van der Waals surface area contributed by atoms with Crippen LogP contribution in [0.15, 0.2) is 24.3 Å². The van der Waals surface area contributed by atoms with Crippen molar-refractivity contribution in [2.75, 3.05) is 20.1 Å². The number of aliphatic hydroxyl groups is 1. The summed E-state index contributed by atoms with van der Waals surface area (Å²) in [5.41, 5.74) is -0.205. The van der Waals surface area contributed by atoms with Gasteiger partial charge in [0, 0.05) is 17.1 Å². The van der Waals surface area contributed by atoms with E-state index in [9.17, 15) is 9.90 Å². The first-order chi connectivity index (χ1) is 7.78. The Labute approximate surface area is 107 Å². The molecule has 1 rings (SSSR count). The quantitative estimate of drug-likeness (QED) is 0.821. The van der Waals surface area contributed by atoms with Crippen molar-refractivity contribution >= 4 is 17.4 Å². The van der Waals surface area contributed by atoms with Crippen molar-refractivity contribution in [1.82, 2.24) is 4.90 Å². The number of benzene rings is 1. The van der Waals surface area contributed by atoms with Crippen LogP contribution in [0, 0.1) is 0 Å². The van der Waals surface area contributed by atoms with E-state index in [1.54, 1.807) is 50.1 Å². The van der Waals surface area contributed by atoms with Gasteiger partial charge in [-0.05, 0) is 33.0 Å². The molecule has 0 fully saturated rings. The first-order valence-corrected chi connectivity index (χ1v) is 5.85.